The summed E-state index contributed by atoms with van der Waals surface area (Å²) in [7, 11) is 0. The van der Waals surface area contributed by atoms with Gasteiger partial charge in [0.1, 0.15) is 6.26 Å². The molecule has 2 aromatic heterocycles. The van der Waals surface area contributed by atoms with Crippen LogP contribution in [0.25, 0.3) is 22.6 Å². The average molecular weight is 379 g/mol. The van der Waals surface area contributed by atoms with E-state index in [0.717, 1.165) is 23.2 Å². The van der Waals surface area contributed by atoms with E-state index in [4.69, 9.17) is 4.42 Å². The summed E-state index contributed by atoms with van der Waals surface area (Å²) < 4.78 is 7.12. The van der Waals surface area contributed by atoms with E-state index < -0.39 is 5.60 Å². The molecule has 0 radical (unpaired) electrons. The van der Waals surface area contributed by atoms with E-state index in [2.05, 4.69) is 10.3 Å². The highest BCUT2D eigenvalue weighted by molar-refractivity contribution is 5.79. The molecular weight excluding hydrogens is 354 g/mol. The summed E-state index contributed by atoms with van der Waals surface area (Å²) in [6.07, 6.45) is 5.44. The molecule has 1 atom stereocenters. The van der Waals surface area contributed by atoms with Gasteiger partial charge in [0.2, 0.25) is 5.89 Å². The van der Waals surface area contributed by atoms with Crippen LogP contribution in [0.2, 0.25) is 0 Å². The van der Waals surface area contributed by atoms with Crippen LogP contribution < -0.4 is 10.9 Å². The first kappa shape index (κ1) is 18.7. The summed E-state index contributed by atoms with van der Waals surface area (Å²) >= 11 is 0. The highest BCUT2D eigenvalue weighted by Crippen LogP contribution is 2.37. The van der Waals surface area contributed by atoms with Crippen molar-refractivity contribution in [1.29, 1.82) is 0 Å². The quantitative estimate of drug-likeness (QED) is 0.729. The Kier molecular flexibility index (Phi) is 4.69. The minimum absolute atomic E-state index is 0.156. The van der Waals surface area contributed by atoms with E-state index in [9.17, 15) is 9.90 Å². The second-order valence-corrected chi connectivity index (χ2v) is 8.11. The Bertz CT molecular complexity index is 1010. The smallest absolute Gasteiger partial charge is 0.251 e. The molecule has 1 aromatic carbocycles. The lowest BCUT2D eigenvalue weighted by molar-refractivity contribution is -0.0997. The molecule has 3 heterocycles. The lowest BCUT2D eigenvalue weighted by Crippen LogP contribution is -2.58. The fourth-order valence-corrected chi connectivity index (χ4v) is 3.85. The van der Waals surface area contributed by atoms with E-state index in [1.807, 2.05) is 44.2 Å². The molecule has 4 rings (SSSR count). The number of aliphatic hydroxyl groups is 1. The normalized spacial score (nSPS) is 21.5. The number of rotatable bonds is 4. The fourth-order valence-electron chi connectivity index (χ4n) is 3.85. The minimum Gasteiger partial charge on any atom is -0.444 e. The van der Waals surface area contributed by atoms with Crippen molar-refractivity contribution in [3.8, 4) is 22.6 Å². The number of oxazole rings is 1. The number of aromatic nitrogens is 2. The Morgan fingerprint density at radius 3 is 2.71 bits per heavy atom. The van der Waals surface area contributed by atoms with Gasteiger partial charge in [-0.1, -0.05) is 44.2 Å². The summed E-state index contributed by atoms with van der Waals surface area (Å²) in [5.74, 6) is 0.448. The topological polar surface area (TPSA) is 80.3 Å². The van der Waals surface area contributed by atoms with Gasteiger partial charge in [-0.05, 0) is 18.5 Å². The van der Waals surface area contributed by atoms with Gasteiger partial charge >= 0.3 is 0 Å². The molecule has 1 saturated heterocycles. The number of nitrogens with one attached hydrogen (secondary N) is 1. The molecule has 0 aliphatic carbocycles. The molecule has 0 amide bonds. The highest BCUT2D eigenvalue weighted by atomic mass is 16.3. The van der Waals surface area contributed by atoms with Crippen LogP contribution in [-0.4, -0.2) is 33.3 Å². The Morgan fingerprint density at radius 2 is 2.04 bits per heavy atom. The predicted molar refractivity (Wildman–Crippen MR) is 108 cm³/mol. The van der Waals surface area contributed by atoms with Crippen LogP contribution in [0.4, 0.5) is 0 Å². The van der Waals surface area contributed by atoms with Gasteiger partial charge in [0.15, 0.2) is 0 Å². The fraction of sp³-hybridized carbons (Fsp3) is 0.364. The zero-order valence-electron chi connectivity index (χ0n) is 16.2. The van der Waals surface area contributed by atoms with Crippen molar-refractivity contribution in [2.45, 2.75) is 32.4 Å². The number of hydrogen-bond donors (Lipinski definition) is 2. The number of piperidine rings is 1. The third-order valence-corrected chi connectivity index (χ3v) is 5.85. The van der Waals surface area contributed by atoms with Crippen molar-refractivity contribution in [1.82, 2.24) is 14.9 Å². The predicted octanol–water partition coefficient (Wildman–Crippen LogP) is 2.92. The molecule has 3 aromatic rings. The van der Waals surface area contributed by atoms with E-state index in [1.54, 1.807) is 23.0 Å². The molecule has 6 heteroatoms. The van der Waals surface area contributed by atoms with Gasteiger partial charge in [-0.25, -0.2) is 4.98 Å². The molecule has 6 nitrogen and oxygen atoms in total. The number of pyridine rings is 1. The lowest BCUT2D eigenvalue weighted by Gasteiger charge is -2.47. The molecule has 2 N–H and O–H groups in total. The molecule has 1 aliphatic rings. The molecule has 0 saturated carbocycles. The maximum Gasteiger partial charge on any atom is 0.251 e. The van der Waals surface area contributed by atoms with Crippen LogP contribution in [0.1, 0.15) is 20.3 Å². The first-order valence-electron chi connectivity index (χ1n) is 9.53. The number of benzene rings is 1. The van der Waals surface area contributed by atoms with Crippen molar-refractivity contribution in [2.24, 2.45) is 5.41 Å². The largest absolute Gasteiger partial charge is 0.444 e. The van der Waals surface area contributed by atoms with Crippen LogP contribution in [0, 0.1) is 5.41 Å². The van der Waals surface area contributed by atoms with Crippen LogP contribution in [0.3, 0.4) is 0 Å². The summed E-state index contributed by atoms with van der Waals surface area (Å²) in [5, 5.41) is 14.7. The number of hydrogen-bond acceptors (Lipinski definition) is 5. The van der Waals surface area contributed by atoms with Crippen LogP contribution in [0.5, 0.6) is 0 Å². The van der Waals surface area contributed by atoms with Gasteiger partial charge in [-0.2, -0.15) is 0 Å². The van der Waals surface area contributed by atoms with Crippen molar-refractivity contribution in [3.05, 3.63) is 65.4 Å². The van der Waals surface area contributed by atoms with Crippen molar-refractivity contribution < 1.29 is 9.52 Å². The van der Waals surface area contributed by atoms with Gasteiger partial charge < -0.3 is 19.4 Å². The Labute approximate surface area is 163 Å². The van der Waals surface area contributed by atoms with E-state index in [1.165, 1.54) is 6.26 Å². The summed E-state index contributed by atoms with van der Waals surface area (Å²) in [6.45, 7) is 5.70. The Morgan fingerprint density at radius 1 is 1.25 bits per heavy atom. The summed E-state index contributed by atoms with van der Waals surface area (Å²) in [5.41, 5.74) is 0.917. The Hall–Kier alpha value is -2.70. The van der Waals surface area contributed by atoms with Gasteiger partial charge in [0, 0.05) is 29.8 Å². The lowest BCUT2D eigenvalue weighted by atomic mass is 9.70. The van der Waals surface area contributed by atoms with Crippen LogP contribution in [-0.2, 0) is 6.54 Å². The first-order chi connectivity index (χ1) is 13.4. The summed E-state index contributed by atoms with van der Waals surface area (Å²) in [6, 6.07) is 11.3. The molecule has 0 bridgehead atoms. The zero-order valence-corrected chi connectivity index (χ0v) is 16.2. The SMILES string of the molecule is CC1(C)CNCCC1(O)Cn1cc(-c2ncco2)c(-c2ccccc2)cc1=O. The average Bonchev–Trinajstić information content (AvgIpc) is 3.21. The van der Waals surface area contributed by atoms with Crippen LogP contribution in [0.15, 0.2) is 64.3 Å². The highest BCUT2D eigenvalue weighted by Gasteiger charge is 2.45. The second kappa shape index (κ2) is 7.04. The third kappa shape index (κ3) is 3.30. The monoisotopic (exact) mass is 379 g/mol. The summed E-state index contributed by atoms with van der Waals surface area (Å²) in [4.78, 5) is 17.2. The Balaban J connectivity index is 1.82. The third-order valence-electron chi connectivity index (χ3n) is 5.85. The zero-order chi connectivity index (χ0) is 19.8. The number of nitrogens with zero attached hydrogens (tertiary/aromatic N) is 2. The molecule has 1 unspecified atom stereocenters. The maximum atomic E-state index is 12.9. The first-order valence-corrected chi connectivity index (χ1v) is 9.53. The van der Waals surface area contributed by atoms with E-state index in [0.29, 0.717) is 18.9 Å². The molecule has 146 valence electrons. The van der Waals surface area contributed by atoms with Crippen molar-refractivity contribution >= 4 is 0 Å². The minimum atomic E-state index is -0.982. The van der Waals surface area contributed by atoms with Crippen molar-refractivity contribution in [3.63, 3.8) is 0 Å². The van der Waals surface area contributed by atoms with Gasteiger partial charge in [-0.15, -0.1) is 0 Å². The van der Waals surface area contributed by atoms with Crippen molar-refractivity contribution in [2.75, 3.05) is 13.1 Å². The second-order valence-electron chi connectivity index (χ2n) is 8.11. The van der Waals surface area contributed by atoms with Gasteiger partial charge in [0.05, 0.1) is 23.9 Å². The molecular formula is C22H25N3O3. The van der Waals surface area contributed by atoms with Crippen LogP contribution >= 0.6 is 0 Å². The van der Waals surface area contributed by atoms with E-state index in [-0.39, 0.29) is 17.5 Å². The van der Waals surface area contributed by atoms with E-state index >= 15 is 0 Å². The molecule has 1 fully saturated rings. The van der Waals surface area contributed by atoms with Gasteiger partial charge in [0.25, 0.3) is 5.56 Å². The maximum absolute atomic E-state index is 12.9. The standard InChI is InChI=1S/C22H25N3O3/c1-21(2)14-23-9-8-22(21,27)15-25-13-18(20-24-10-11-28-20)17(12-19(25)26)16-6-4-3-5-7-16/h3-7,10-13,23,27H,8-9,14-15H2,1-2H3. The van der Waals surface area contributed by atoms with Gasteiger partial charge in [-0.3, -0.25) is 4.79 Å². The molecule has 1 aliphatic heterocycles. The molecule has 28 heavy (non-hydrogen) atoms. The molecule has 0 spiro atoms.